The van der Waals surface area contributed by atoms with E-state index in [4.69, 9.17) is 0 Å². The summed E-state index contributed by atoms with van der Waals surface area (Å²) in [7, 11) is -0.0632. The molecule has 0 saturated heterocycles. The van der Waals surface area contributed by atoms with E-state index in [2.05, 4.69) is 5.32 Å². The number of carbonyl (C=O) groups is 2. The van der Waals surface area contributed by atoms with E-state index in [1.54, 1.807) is 6.92 Å². The van der Waals surface area contributed by atoms with Crippen molar-refractivity contribution >= 4 is 27.7 Å². The summed E-state index contributed by atoms with van der Waals surface area (Å²) in [4.78, 5) is 27.2. The molecule has 1 atom stereocenters. The fourth-order valence-electron chi connectivity index (χ4n) is 3.20. The third kappa shape index (κ3) is 6.48. The summed E-state index contributed by atoms with van der Waals surface area (Å²) in [5.41, 5.74) is 0.657. The van der Waals surface area contributed by atoms with Gasteiger partial charge in [0, 0.05) is 27.7 Å². The van der Waals surface area contributed by atoms with Crippen LogP contribution in [-0.4, -0.2) is 63.2 Å². The number of hydrogen-bond donors (Lipinski definition) is 1. The number of carbonyl (C=O) groups excluding carboxylic acids is 2. The Balaban J connectivity index is 2.47. The van der Waals surface area contributed by atoms with Gasteiger partial charge in [0.05, 0.1) is 5.69 Å². The van der Waals surface area contributed by atoms with E-state index < -0.39 is 46.2 Å². The van der Waals surface area contributed by atoms with Gasteiger partial charge in [0.25, 0.3) is 0 Å². The lowest BCUT2D eigenvalue weighted by Crippen LogP contribution is -2.52. The van der Waals surface area contributed by atoms with Crippen LogP contribution in [0, 0.1) is 11.6 Å². The van der Waals surface area contributed by atoms with Gasteiger partial charge in [0.15, 0.2) is 0 Å². The Morgan fingerprint density at radius 2 is 1.48 bits per heavy atom. The number of amides is 2. The average molecular weight is 483 g/mol. The van der Waals surface area contributed by atoms with E-state index in [1.165, 1.54) is 62.4 Å². The molecular formula is C22H28F2N4O4S. The molecule has 1 N–H and O–H groups in total. The van der Waals surface area contributed by atoms with Crippen molar-refractivity contribution in [2.24, 2.45) is 0 Å². The summed E-state index contributed by atoms with van der Waals surface area (Å²) in [6.45, 7) is 1.06. The number of rotatable bonds is 10. The second kappa shape index (κ2) is 11.2. The molecule has 0 aliphatic rings. The second-order valence-electron chi connectivity index (χ2n) is 7.46. The molecule has 0 aliphatic carbocycles. The number of likely N-dealkylation sites (N-methyl/N-ethyl adjacent to an activating group) is 1. The molecular weight excluding hydrogens is 454 g/mol. The first-order valence-electron chi connectivity index (χ1n) is 10.2. The van der Waals surface area contributed by atoms with Gasteiger partial charge in [-0.15, -0.1) is 0 Å². The zero-order valence-corrected chi connectivity index (χ0v) is 19.8. The van der Waals surface area contributed by atoms with Gasteiger partial charge in [0.1, 0.15) is 24.2 Å². The van der Waals surface area contributed by atoms with Crippen molar-refractivity contribution < 1.29 is 26.8 Å². The van der Waals surface area contributed by atoms with Gasteiger partial charge in [-0.2, -0.15) is 12.7 Å². The minimum Gasteiger partial charge on any atom is -0.357 e. The number of hydrogen-bond acceptors (Lipinski definition) is 4. The van der Waals surface area contributed by atoms with E-state index in [0.717, 1.165) is 20.7 Å². The minimum absolute atomic E-state index is 0.0374. The highest BCUT2D eigenvalue weighted by atomic mass is 32.2. The molecule has 0 saturated carbocycles. The molecule has 0 aromatic heterocycles. The quantitative estimate of drug-likeness (QED) is 0.562. The van der Waals surface area contributed by atoms with Crippen molar-refractivity contribution in [3.63, 3.8) is 0 Å². The zero-order chi connectivity index (χ0) is 24.8. The topological polar surface area (TPSA) is 90.0 Å². The Morgan fingerprint density at radius 1 is 0.970 bits per heavy atom. The van der Waals surface area contributed by atoms with Crippen molar-refractivity contribution in [3.05, 3.63) is 65.7 Å². The van der Waals surface area contributed by atoms with Crippen LogP contribution in [0.5, 0.6) is 0 Å². The van der Waals surface area contributed by atoms with Gasteiger partial charge in [-0.3, -0.25) is 9.59 Å². The lowest BCUT2D eigenvalue weighted by atomic mass is 10.1. The third-order valence-electron chi connectivity index (χ3n) is 5.03. The summed E-state index contributed by atoms with van der Waals surface area (Å²) in [6.07, 6.45) is 0.267. The van der Waals surface area contributed by atoms with Crippen molar-refractivity contribution in [1.29, 1.82) is 0 Å². The van der Waals surface area contributed by atoms with Gasteiger partial charge in [-0.25, -0.2) is 13.1 Å². The maximum Gasteiger partial charge on any atom is 0.304 e. The van der Waals surface area contributed by atoms with Gasteiger partial charge < -0.3 is 10.2 Å². The van der Waals surface area contributed by atoms with Gasteiger partial charge >= 0.3 is 10.2 Å². The number of anilines is 1. The summed E-state index contributed by atoms with van der Waals surface area (Å²) in [5, 5.41) is 2.51. The van der Waals surface area contributed by atoms with Crippen LogP contribution >= 0.6 is 0 Å². The van der Waals surface area contributed by atoms with E-state index in [9.17, 15) is 26.8 Å². The van der Waals surface area contributed by atoms with E-state index in [-0.39, 0.29) is 18.7 Å². The van der Waals surface area contributed by atoms with Crippen LogP contribution < -0.4 is 9.62 Å². The van der Waals surface area contributed by atoms with Crippen molar-refractivity contribution in [2.75, 3.05) is 32.0 Å². The van der Waals surface area contributed by atoms with Crippen LogP contribution in [0.3, 0.4) is 0 Å². The number of benzene rings is 2. The summed E-state index contributed by atoms with van der Waals surface area (Å²) in [5.74, 6) is -2.08. The van der Waals surface area contributed by atoms with E-state index in [0.29, 0.717) is 5.56 Å². The largest absolute Gasteiger partial charge is 0.357 e. The first-order chi connectivity index (χ1) is 15.5. The highest BCUT2D eigenvalue weighted by Crippen LogP contribution is 2.21. The van der Waals surface area contributed by atoms with Crippen LogP contribution in [0.25, 0.3) is 0 Å². The minimum atomic E-state index is -4.12. The van der Waals surface area contributed by atoms with Crippen LogP contribution in [-0.2, 0) is 26.3 Å². The van der Waals surface area contributed by atoms with Crippen LogP contribution in [0.1, 0.15) is 18.9 Å². The Morgan fingerprint density at radius 3 is 1.94 bits per heavy atom. The normalized spacial score (nSPS) is 12.3. The molecule has 0 bridgehead atoms. The molecule has 0 fully saturated rings. The first-order valence-corrected chi connectivity index (χ1v) is 11.6. The fourth-order valence-corrected chi connectivity index (χ4v) is 4.25. The van der Waals surface area contributed by atoms with Gasteiger partial charge in [-0.05, 0) is 48.4 Å². The number of nitrogens with one attached hydrogen (secondary N) is 1. The van der Waals surface area contributed by atoms with Gasteiger partial charge in [-0.1, -0.05) is 19.1 Å². The molecule has 33 heavy (non-hydrogen) atoms. The Bertz CT molecular complexity index is 1060. The van der Waals surface area contributed by atoms with Crippen LogP contribution in [0.2, 0.25) is 0 Å². The summed E-state index contributed by atoms with van der Waals surface area (Å²) >= 11 is 0. The average Bonchev–Trinajstić information content (AvgIpc) is 2.78. The lowest BCUT2D eigenvalue weighted by Gasteiger charge is -2.33. The SMILES string of the molecule is CCC(C(=O)NC)N(Cc1ccc(F)cc1)C(=O)CN(c1ccc(F)cc1)S(=O)(=O)N(C)C. The smallest absolute Gasteiger partial charge is 0.304 e. The predicted octanol–water partition coefficient (Wildman–Crippen LogP) is 2.13. The number of nitrogens with zero attached hydrogens (tertiary/aromatic N) is 3. The molecule has 2 amide bonds. The molecule has 1 unspecified atom stereocenters. The van der Waals surface area contributed by atoms with Gasteiger partial charge in [0.2, 0.25) is 11.8 Å². The zero-order valence-electron chi connectivity index (χ0n) is 19.0. The lowest BCUT2D eigenvalue weighted by molar-refractivity contribution is -0.140. The molecule has 0 heterocycles. The maximum atomic E-state index is 13.4. The van der Waals surface area contributed by atoms with Crippen LogP contribution in [0.15, 0.2) is 48.5 Å². The van der Waals surface area contributed by atoms with E-state index >= 15 is 0 Å². The molecule has 8 nitrogen and oxygen atoms in total. The van der Waals surface area contributed by atoms with Crippen molar-refractivity contribution in [3.8, 4) is 0 Å². The summed E-state index contributed by atoms with van der Waals surface area (Å²) in [6, 6.07) is 9.25. The molecule has 0 aliphatic heterocycles. The van der Waals surface area contributed by atoms with Crippen LogP contribution in [0.4, 0.5) is 14.5 Å². The molecule has 0 radical (unpaired) electrons. The summed E-state index contributed by atoms with van der Waals surface area (Å²) < 4.78 is 54.5. The highest BCUT2D eigenvalue weighted by molar-refractivity contribution is 7.90. The second-order valence-corrected chi connectivity index (χ2v) is 9.53. The predicted molar refractivity (Wildman–Crippen MR) is 121 cm³/mol. The first kappa shape index (κ1) is 26.2. The standard InChI is InChI=1S/C22H28F2N4O4S/c1-5-20(22(30)25-2)27(14-16-6-8-17(23)9-7-16)21(29)15-28(33(31,32)26(3)4)19-12-10-18(24)11-13-19/h6-13,20H,5,14-15H2,1-4H3,(H,25,30). The number of halogens is 2. The monoisotopic (exact) mass is 482 g/mol. The highest BCUT2D eigenvalue weighted by Gasteiger charge is 2.33. The Hall–Kier alpha value is -3.05. The maximum absolute atomic E-state index is 13.4. The molecule has 2 rings (SSSR count). The molecule has 0 spiro atoms. The van der Waals surface area contributed by atoms with E-state index in [1.807, 2.05) is 0 Å². The Labute approximate surface area is 193 Å². The third-order valence-corrected chi connectivity index (χ3v) is 6.85. The van der Waals surface area contributed by atoms with Crippen molar-refractivity contribution in [2.45, 2.75) is 25.9 Å². The fraction of sp³-hybridized carbons (Fsp3) is 0.364. The Kier molecular flexibility index (Phi) is 8.89. The van der Waals surface area contributed by atoms with Crippen molar-refractivity contribution in [1.82, 2.24) is 14.5 Å². The molecule has 2 aromatic carbocycles. The molecule has 2 aromatic rings. The molecule has 11 heteroatoms. The molecule has 180 valence electrons.